The lowest BCUT2D eigenvalue weighted by molar-refractivity contribution is -0.135. The molecule has 0 unspecified atom stereocenters. The van der Waals surface area contributed by atoms with E-state index in [1.165, 1.54) is 4.90 Å². The van der Waals surface area contributed by atoms with Crippen LogP contribution in [0.4, 0.5) is 5.69 Å². The van der Waals surface area contributed by atoms with Gasteiger partial charge in [-0.05, 0) is 56.2 Å². The number of carbonyl (C=O) groups is 2. The number of nitrogens with zero attached hydrogens (tertiary/aromatic N) is 2. The Hall–Kier alpha value is -3.33. The number of aryl methyl sites for hydroxylation is 3. The third-order valence-corrected chi connectivity index (χ3v) is 4.09. The fourth-order valence-corrected chi connectivity index (χ4v) is 2.74. The molecule has 6 nitrogen and oxygen atoms in total. The average molecular weight is 365 g/mol. The Bertz CT molecular complexity index is 860. The maximum Gasteiger partial charge on any atom is 0.260 e. The fraction of sp³-hybridized carbons (Fsp3) is 0.286. The molecular formula is C21H23N3O3. The number of carbonyl (C=O) groups excluding carboxylic acids is 2. The molecule has 2 aromatic rings. The lowest BCUT2D eigenvalue weighted by Crippen LogP contribution is -2.37. The molecule has 0 spiro atoms. The summed E-state index contributed by atoms with van der Waals surface area (Å²) in [4.78, 5) is 25.8. The van der Waals surface area contributed by atoms with Crippen molar-refractivity contribution in [3.63, 3.8) is 0 Å². The van der Waals surface area contributed by atoms with E-state index in [-0.39, 0.29) is 25.0 Å². The summed E-state index contributed by atoms with van der Waals surface area (Å²) in [6, 6.07) is 12.5. The maximum atomic E-state index is 12.3. The molecule has 6 heteroatoms. The van der Waals surface area contributed by atoms with Crippen LogP contribution < -0.4 is 10.1 Å². The molecular weight excluding hydrogens is 342 g/mol. The van der Waals surface area contributed by atoms with Crippen molar-refractivity contribution in [2.24, 2.45) is 0 Å². The van der Waals surface area contributed by atoms with Crippen molar-refractivity contribution in [2.75, 3.05) is 25.5 Å². The number of anilines is 1. The Morgan fingerprint density at radius 2 is 1.70 bits per heavy atom. The van der Waals surface area contributed by atoms with E-state index >= 15 is 0 Å². The van der Waals surface area contributed by atoms with Gasteiger partial charge in [0, 0.05) is 12.7 Å². The molecule has 0 aliphatic carbocycles. The second-order valence-corrected chi connectivity index (χ2v) is 6.50. The van der Waals surface area contributed by atoms with Crippen molar-refractivity contribution in [2.45, 2.75) is 20.8 Å². The van der Waals surface area contributed by atoms with Crippen LogP contribution in [0.3, 0.4) is 0 Å². The molecule has 1 N–H and O–H groups in total. The molecule has 2 aromatic carbocycles. The molecule has 0 aliphatic heterocycles. The lowest BCUT2D eigenvalue weighted by Gasteiger charge is -2.18. The van der Waals surface area contributed by atoms with Crippen LogP contribution >= 0.6 is 0 Å². The van der Waals surface area contributed by atoms with Crippen LogP contribution in [0.1, 0.15) is 22.3 Å². The average Bonchev–Trinajstić information content (AvgIpc) is 2.63. The highest BCUT2D eigenvalue weighted by Gasteiger charge is 2.15. The number of hydrogen-bond acceptors (Lipinski definition) is 4. The molecule has 2 rings (SSSR count). The predicted octanol–water partition coefficient (Wildman–Crippen LogP) is 2.96. The number of likely N-dealkylation sites (N-methyl/N-ethyl adjacent to an activating group) is 1. The number of nitrogens with one attached hydrogen (secondary N) is 1. The summed E-state index contributed by atoms with van der Waals surface area (Å²) in [5, 5.41) is 11.6. The van der Waals surface area contributed by atoms with E-state index in [0.717, 1.165) is 22.4 Å². The number of benzene rings is 2. The standard InChI is InChI=1S/C21H23N3O3/c1-14-9-15(2)21(16(3)10-14)23-19(25)12-24(4)20(26)13-27-18-7-5-17(11-22)6-8-18/h5-10H,12-13H2,1-4H3,(H,23,25). The van der Waals surface area contributed by atoms with Crippen LogP contribution in [0.25, 0.3) is 0 Å². The molecule has 0 aliphatic rings. The van der Waals surface area contributed by atoms with Crippen molar-refractivity contribution in [1.29, 1.82) is 5.26 Å². The first kappa shape index (κ1) is 20.0. The molecule has 0 saturated carbocycles. The van der Waals surface area contributed by atoms with Gasteiger partial charge in [-0.2, -0.15) is 5.26 Å². The van der Waals surface area contributed by atoms with E-state index in [1.54, 1.807) is 31.3 Å². The number of nitriles is 1. The number of amides is 2. The molecule has 0 atom stereocenters. The second kappa shape index (κ2) is 8.86. The molecule has 0 heterocycles. The van der Waals surface area contributed by atoms with Gasteiger partial charge in [-0.15, -0.1) is 0 Å². The lowest BCUT2D eigenvalue weighted by atomic mass is 10.1. The van der Waals surface area contributed by atoms with Gasteiger partial charge in [-0.1, -0.05) is 17.7 Å². The van der Waals surface area contributed by atoms with Gasteiger partial charge in [0.05, 0.1) is 18.2 Å². The van der Waals surface area contributed by atoms with Crippen molar-refractivity contribution in [3.8, 4) is 11.8 Å². The molecule has 27 heavy (non-hydrogen) atoms. The van der Waals surface area contributed by atoms with E-state index in [1.807, 2.05) is 39.0 Å². The van der Waals surface area contributed by atoms with Crippen LogP contribution in [0, 0.1) is 32.1 Å². The third-order valence-electron chi connectivity index (χ3n) is 4.09. The Morgan fingerprint density at radius 3 is 2.26 bits per heavy atom. The molecule has 2 amide bonds. The fourth-order valence-electron chi connectivity index (χ4n) is 2.74. The first-order chi connectivity index (χ1) is 12.8. The van der Waals surface area contributed by atoms with Crippen LogP contribution in [0.5, 0.6) is 5.75 Å². The number of hydrogen-bond donors (Lipinski definition) is 1. The normalized spacial score (nSPS) is 10.0. The summed E-state index contributed by atoms with van der Waals surface area (Å²) in [6.45, 7) is 5.64. The minimum atomic E-state index is -0.313. The highest BCUT2D eigenvalue weighted by atomic mass is 16.5. The Balaban J connectivity index is 1.88. The Kier molecular flexibility index (Phi) is 6.56. The SMILES string of the molecule is Cc1cc(C)c(NC(=O)CN(C)C(=O)COc2ccc(C#N)cc2)c(C)c1. The van der Waals surface area contributed by atoms with E-state index in [9.17, 15) is 9.59 Å². The number of ether oxygens (including phenoxy) is 1. The van der Waals surface area contributed by atoms with E-state index < -0.39 is 0 Å². The van der Waals surface area contributed by atoms with Crippen LogP contribution in [0.2, 0.25) is 0 Å². The zero-order valence-electron chi connectivity index (χ0n) is 16.0. The predicted molar refractivity (Wildman–Crippen MR) is 104 cm³/mol. The van der Waals surface area contributed by atoms with Crippen LogP contribution in [-0.2, 0) is 9.59 Å². The van der Waals surface area contributed by atoms with Crippen LogP contribution in [-0.4, -0.2) is 36.9 Å². The van der Waals surface area contributed by atoms with Gasteiger partial charge in [0.2, 0.25) is 5.91 Å². The zero-order chi connectivity index (χ0) is 20.0. The minimum absolute atomic E-state index is 0.0671. The quantitative estimate of drug-likeness (QED) is 0.853. The highest BCUT2D eigenvalue weighted by molar-refractivity contribution is 5.95. The maximum absolute atomic E-state index is 12.3. The highest BCUT2D eigenvalue weighted by Crippen LogP contribution is 2.21. The largest absolute Gasteiger partial charge is 0.484 e. The van der Waals surface area contributed by atoms with Crippen molar-refractivity contribution in [3.05, 3.63) is 58.7 Å². The van der Waals surface area contributed by atoms with Crippen molar-refractivity contribution >= 4 is 17.5 Å². The summed E-state index contributed by atoms with van der Waals surface area (Å²) in [7, 11) is 1.55. The Labute approximate surface area is 159 Å². The molecule has 0 aromatic heterocycles. The second-order valence-electron chi connectivity index (χ2n) is 6.50. The first-order valence-corrected chi connectivity index (χ1v) is 8.54. The molecule has 0 saturated heterocycles. The summed E-state index contributed by atoms with van der Waals surface area (Å²) < 4.78 is 5.41. The van der Waals surface area contributed by atoms with E-state index in [4.69, 9.17) is 10.00 Å². The van der Waals surface area contributed by atoms with Gasteiger partial charge in [-0.3, -0.25) is 9.59 Å². The van der Waals surface area contributed by atoms with Gasteiger partial charge >= 0.3 is 0 Å². The van der Waals surface area contributed by atoms with E-state index in [2.05, 4.69) is 5.32 Å². The van der Waals surface area contributed by atoms with Gasteiger partial charge in [-0.25, -0.2) is 0 Å². The monoisotopic (exact) mass is 365 g/mol. The summed E-state index contributed by atoms with van der Waals surface area (Å²) >= 11 is 0. The minimum Gasteiger partial charge on any atom is -0.484 e. The smallest absolute Gasteiger partial charge is 0.260 e. The Morgan fingerprint density at radius 1 is 1.11 bits per heavy atom. The molecule has 0 bridgehead atoms. The summed E-state index contributed by atoms with van der Waals surface area (Å²) in [6.07, 6.45) is 0. The van der Waals surface area contributed by atoms with Crippen molar-refractivity contribution in [1.82, 2.24) is 4.90 Å². The van der Waals surface area contributed by atoms with Gasteiger partial charge in [0.1, 0.15) is 5.75 Å². The van der Waals surface area contributed by atoms with Gasteiger partial charge in [0.15, 0.2) is 6.61 Å². The molecule has 140 valence electrons. The zero-order valence-corrected chi connectivity index (χ0v) is 16.0. The number of rotatable bonds is 6. The van der Waals surface area contributed by atoms with Crippen molar-refractivity contribution < 1.29 is 14.3 Å². The first-order valence-electron chi connectivity index (χ1n) is 8.54. The van der Waals surface area contributed by atoms with Gasteiger partial charge in [0.25, 0.3) is 5.91 Å². The van der Waals surface area contributed by atoms with Gasteiger partial charge < -0.3 is 15.0 Å². The van der Waals surface area contributed by atoms with E-state index in [0.29, 0.717) is 11.3 Å². The summed E-state index contributed by atoms with van der Waals surface area (Å²) in [5.74, 6) is -0.0859. The summed E-state index contributed by atoms with van der Waals surface area (Å²) in [5.41, 5.74) is 4.40. The topological polar surface area (TPSA) is 82.4 Å². The molecule has 0 radical (unpaired) electrons. The molecule has 0 fully saturated rings. The third kappa shape index (κ3) is 5.58. The van der Waals surface area contributed by atoms with Crippen LogP contribution in [0.15, 0.2) is 36.4 Å².